The van der Waals surface area contributed by atoms with Gasteiger partial charge in [0.1, 0.15) is 11.0 Å². The summed E-state index contributed by atoms with van der Waals surface area (Å²) in [6, 6.07) is 7.10. The zero-order valence-electron chi connectivity index (χ0n) is 11.1. The number of nitro benzene ring substituents is 1. The smallest absolute Gasteiger partial charge is 0.274 e. The molecule has 0 spiro atoms. The van der Waals surface area contributed by atoms with Crippen molar-refractivity contribution in [2.75, 3.05) is 4.90 Å². The van der Waals surface area contributed by atoms with Crippen molar-refractivity contribution in [2.45, 2.75) is 25.4 Å². The summed E-state index contributed by atoms with van der Waals surface area (Å²) < 4.78 is 0. The Bertz CT molecular complexity index is 676. The molecule has 108 valence electrons. The molecule has 1 aromatic carbocycles. The molecule has 2 aromatic rings. The van der Waals surface area contributed by atoms with E-state index in [9.17, 15) is 10.1 Å². The topological polar surface area (TPSA) is 72.2 Å². The van der Waals surface area contributed by atoms with Gasteiger partial charge >= 0.3 is 0 Å². The number of benzene rings is 1. The molecule has 21 heavy (non-hydrogen) atoms. The second kappa shape index (κ2) is 5.65. The van der Waals surface area contributed by atoms with Crippen molar-refractivity contribution < 1.29 is 4.92 Å². The number of halogens is 1. The molecule has 0 radical (unpaired) electrons. The summed E-state index contributed by atoms with van der Waals surface area (Å²) in [5, 5.41) is 11.4. The molecule has 1 fully saturated rings. The van der Waals surface area contributed by atoms with Gasteiger partial charge in [0.15, 0.2) is 0 Å². The van der Waals surface area contributed by atoms with Crippen LogP contribution >= 0.6 is 11.6 Å². The number of nitrogens with zero attached hydrogens (tertiary/aromatic N) is 4. The van der Waals surface area contributed by atoms with E-state index < -0.39 is 0 Å². The lowest BCUT2D eigenvalue weighted by Gasteiger charge is -2.23. The molecule has 0 saturated heterocycles. The second-order valence-corrected chi connectivity index (χ2v) is 5.33. The van der Waals surface area contributed by atoms with Gasteiger partial charge in [-0.15, -0.1) is 0 Å². The van der Waals surface area contributed by atoms with Crippen LogP contribution in [-0.2, 0) is 6.54 Å². The molecule has 1 aliphatic rings. The summed E-state index contributed by atoms with van der Waals surface area (Å²) >= 11 is 5.89. The normalized spacial score (nSPS) is 14.0. The second-order valence-electron chi connectivity index (χ2n) is 4.94. The van der Waals surface area contributed by atoms with Crippen molar-refractivity contribution in [1.82, 2.24) is 9.97 Å². The van der Waals surface area contributed by atoms with E-state index in [1.165, 1.54) is 12.3 Å². The zero-order valence-corrected chi connectivity index (χ0v) is 11.9. The van der Waals surface area contributed by atoms with Crippen molar-refractivity contribution >= 4 is 23.1 Å². The van der Waals surface area contributed by atoms with Gasteiger partial charge in [-0.25, -0.2) is 4.98 Å². The standard InChI is InChI=1S/C14H13ClN4O2/c15-13-7-16-8-14(17-13)18(11-5-6-11)9-10-3-1-2-4-12(10)19(20)21/h1-4,7-8,11H,5-6,9H2. The third-order valence-corrected chi connectivity index (χ3v) is 3.59. The van der Waals surface area contributed by atoms with Crippen LogP contribution in [-0.4, -0.2) is 20.9 Å². The Balaban J connectivity index is 1.92. The average Bonchev–Trinajstić information content (AvgIpc) is 3.29. The molecule has 0 atom stereocenters. The third-order valence-electron chi connectivity index (χ3n) is 3.40. The summed E-state index contributed by atoms with van der Waals surface area (Å²) in [7, 11) is 0. The maximum atomic E-state index is 11.1. The molecule has 1 saturated carbocycles. The average molecular weight is 305 g/mol. The number of anilines is 1. The molecule has 1 heterocycles. The molecule has 0 N–H and O–H groups in total. The fourth-order valence-corrected chi connectivity index (χ4v) is 2.40. The lowest BCUT2D eigenvalue weighted by molar-refractivity contribution is -0.385. The van der Waals surface area contributed by atoms with Gasteiger partial charge in [0, 0.05) is 17.7 Å². The Hall–Kier alpha value is -2.21. The highest BCUT2D eigenvalue weighted by molar-refractivity contribution is 6.29. The quantitative estimate of drug-likeness (QED) is 0.626. The monoisotopic (exact) mass is 304 g/mol. The minimum absolute atomic E-state index is 0.123. The van der Waals surface area contributed by atoms with Gasteiger partial charge in [0.2, 0.25) is 0 Å². The van der Waals surface area contributed by atoms with Gasteiger partial charge in [-0.3, -0.25) is 15.1 Å². The fourth-order valence-electron chi connectivity index (χ4n) is 2.26. The molecule has 6 nitrogen and oxygen atoms in total. The molecule has 1 aromatic heterocycles. The fraction of sp³-hybridized carbons (Fsp3) is 0.286. The van der Waals surface area contributed by atoms with E-state index in [0.29, 0.717) is 29.1 Å². The van der Waals surface area contributed by atoms with Crippen LogP contribution in [0.4, 0.5) is 11.5 Å². The van der Waals surface area contributed by atoms with Gasteiger partial charge in [0.25, 0.3) is 5.69 Å². The van der Waals surface area contributed by atoms with Crippen LogP contribution in [0.15, 0.2) is 36.7 Å². The molecule has 0 amide bonds. The molecular weight excluding hydrogens is 292 g/mol. The summed E-state index contributed by atoms with van der Waals surface area (Å²) in [5.41, 5.74) is 0.786. The highest BCUT2D eigenvalue weighted by Gasteiger charge is 2.31. The van der Waals surface area contributed by atoms with E-state index in [4.69, 9.17) is 11.6 Å². The molecule has 7 heteroatoms. The first-order valence-electron chi connectivity index (χ1n) is 6.61. The molecular formula is C14H13ClN4O2. The van der Waals surface area contributed by atoms with Gasteiger partial charge in [0.05, 0.1) is 23.9 Å². The molecule has 0 aliphatic heterocycles. The molecule has 0 unspecified atom stereocenters. The SMILES string of the molecule is O=[N+]([O-])c1ccccc1CN(c1cncc(Cl)n1)C1CC1. The maximum absolute atomic E-state index is 11.1. The van der Waals surface area contributed by atoms with E-state index in [1.807, 2.05) is 4.90 Å². The third kappa shape index (κ3) is 3.11. The summed E-state index contributed by atoms with van der Waals surface area (Å²) in [6.07, 6.45) is 5.21. The first kappa shape index (κ1) is 13.8. The number of aromatic nitrogens is 2. The zero-order chi connectivity index (χ0) is 14.8. The minimum atomic E-state index is -0.357. The van der Waals surface area contributed by atoms with Crippen LogP contribution in [0.5, 0.6) is 0 Å². The van der Waals surface area contributed by atoms with Crippen molar-refractivity contribution in [1.29, 1.82) is 0 Å². The van der Waals surface area contributed by atoms with Crippen LogP contribution in [0.3, 0.4) is 0 Å². The summed E-state index contributed by atoms with van der Waals surface area (Å²) in [4.78, 5) is 21.1. The molecule has 3 rings (SSSR count). The highest BCUT2D eigenvalue weighted by Crippen LogP contribution is 2.33. The van der Waals surface area contributed by atoms with Crippen molar-refractivity contribution in [3.8, 4) is 0 Å². The lowest BCUT2D eigenvalue weighted by atomic mass is 10.1. The van der Waals surface area contributed by atoms with Gasteiger partial charge < -0.3 is 4.90 Å². The van der Waals surface area contributed by atoms with Crippen molar-refractivity contribution in [3.63, 3.8) is 0 Å². The Labute approximate surface area is 126 Å². The van der Waals surface area contributed by atoms with Crippen LogP contribution in [0, 0.1) is 10.1 Å². The van der Waals surface area contributed by atoms with E-state index >= 15 is 0 Å². The van der Waals surface area contributed by atoms with Gasteiger partial charge in [-0.1, -0.05) is 29.8 Å². The number of para-hydroxylation sites is 1. The van der Waals surface area contributed by atoms with E-state index in [-0.39, 0.29) is 10.6 Å². The predicted molar refractivity (Wildman–Crippen MR) is 79.3 cm³/mol. The number of hydrogen-bond donors (Lipinski definition) is 0. The Kier molecular flexibility index (Phi) is 3.70. The highest BCUT2D eigenvalue weighted by atomic mass is 35.5. The Morgan fingerprint density at radius 2 is 2.10 bits per heavy atom. The summed E-state index contributed by atoms with van der Waals surface area (Å²) in [6.45, 7) is 0.427. The first-order chi connectivity index (χ1) is 10.1. The van der Waals surface area contributed by atoms with Crippen molar-refractivity contribution in [2.24, 2.45) is 0 Å². The van der Waals surface area contributed by atoms with Crippen LogP contribution in [0.2, 0.25) is 5.15 Å². The Morgan fingerprint density at radius 1 is 1.33 bits per heavy atom. The van der Waals surface area contributed by atoms with Gasteiger partial charge in [-0.2, -0.15) is 0 Å². The molecule has 0 bridgehead atoms. The minimum Gasteiger partial charge on any atom is -0.348 e. The van der Waals surface area contributed by atoms with E-state index in [2.05, 4.69) is 9.97 Å². The first-order valence-corrected chi connectivity index (χ1v) is 6.99. The predicted octanol–water partition coefficient (Wildman–Crippen LogP) is 3.21. The lowest BCUT2D eigenvalue weighted by Crippen LogP contribution is -2.26. The number of rotatable bonds is 5. The maximum Gasteiger partial charge on any atom is 0.274 e. The van der Waals surface area contributed by atoms with Crippen LogP contribution in [0.1, 0.15) is 18.4 Å². The van der Waals surface area contributed by atoms with Crippen LogP contribution < -0.4 is 4.90 Å². The Morgan fingerprint density at radius 3 is 2.76 bits per heavy atom. The van der Waals surface area contributed by atoms with Gasteiger partial charge in [-0.05, 0) is 12.8 Å². The van der Waals surface area contributed by atoms with Crippen LogP contribution in [0.25, 0.3) is 0 Å². The number of hydrogen-bond acceptors (Lipinski definition) is 5. The van der Waals surface area contributed by atoms with E-state index in [1.54, 1.807) is 24.4 Å². The largest absolute Gasteiger partial charge is 0.348 e. The summed E-state index contributed by atoms with van der Waals surface area (Å²) in [5.74, 6) is 0.656. The van der Waals surface area contributed by atoms with Crippen molar-refractivity contribution in [3.05, 3.63) is 57.5 Å². The molecule has 1 aliphatic carbocycles. The number of nitro groups is 1. The van der Waals surface area contributed by atoms with E-state index in [0.717, 1.165) is 12.8 Å².